The summed E-state index contributed by atoms with van der Waals surface area (Å²) in [6.45, 7) is 10.9. The molecule has 2 fully saturated rings. The van der Waals surface area contributed by atoms with E-state index in [4.69, 9.17) is 0 Å². The summed E-state index contributed by atoms with van der Waals surface area (Å²) in [6, 6.07) is 1.34. The average molecular weight is 551 g/mol. The molecule has 2 N–H and O–H groups in total. The summed E-state index contributed by atoms with van der Waals surface area (Å²) >= 11 is 0.812. The van der Waals surface area contributed by atoms with Crippen molar-refractivity contribution >= 4 is 27.2 Å². The van der Waals surface area contributed by atoms with Gasteiger partial charge in [0.1, 0.15) is 4.83 Å². The molecule has 37 heavy (non-hydrogen) atoms. The number of hydrazine groups is 1. The Balaban J connectivity index is 1.84. The summed E-state index contributed by atoms with van der Waals surface area (Å²) in [5.41, 5.74) is 5.87. The highest BCUT2D eigenvalue weighted by Gasteiger charge is 2.53. The van der Waals surface area contributed by atoms with Crippen LogP contribution in [0.4, 0.5) is 32.0 Å². The fourth-order valence-electron chi connectivity index (χ4n) is 6.82. The molecule has 11 heteroatoms. The molecule has 2 aromatic heterocycles. The summed E-state index contributed by atoms with van der Waals surface area (Å²) in [5.74, 6) is 0.475. The lowest BCUT2D eigenvalue weighted by atomic mass is 9.63. The van der Waals surface area contributed by atoms with Crippen LogP contribution in [0.2, 0.25) is 0 Å². The molecule has 208 valence electrons. The van der Waals surface area contributed by atoms with Crippen molar-refractivity contribution in [3.05, 3.63) is 22.7 Å². The third kappa shape index (κ3) is 5.32. The maximum Gasteiger partial charge on any atom is 0.419 e. The lowest BCUT2D eigenvalue weighted by molar-refractivity contribution is -0.137. The molecule has 4 rings (SSSR count). The molecule has 1 spiro atoms. The van der Waals surface area contributed by atoms with Gasteiger partial charge in [-0.15, -0.1) is 11.3 Å². The number of aromatic nitrogens is 1. The first-order valence-electron chi connectivity index (χ1n) is 13.1. The van der Waals surface area contributed by atoms with Gasteiger partial charge in [0, 0.05) is 40.6 Å². The number of anilines is 1. The van der Waals surface area contributed by atoms with Crippen LogP contribution in [0.3, 0.4) is 0 Å². The van der Waals surface area contributed by atoms with E-state index in [2.05, 4.69) is 43.5 Å². The van der Waals surface area contributed by atoms with Gasteiger partial charge < -0.3 is 4.90 Å². The number of rotatable bonds is 4. The highest BCUT2D eigenvalue weighted by atomic mass is 32.1. The quantitative estimate of drug-likeness (QED) is 0.391. The molecule has 6 atom stereocenters. The molecule has 0 saturated carbocycles. The van der Waals surface area contributed by atoms with E-state index in [9.17, 15) is 26.3 Å². The Morgan fingerprint density at radius 1 is 1.05 bits per heavy atom. The van der Waals surface area contributed by atoms with Crippen molar-refractivity contribution in [2.24, 2.45) is 17.8 Å². The monoisotopic (exact) mass is 550 g/mol. The Bertz CT molecular complexity index is 1100. The van der Waals surface area contributed by atoms with E-state index in [0.29, 0.717) is 24.9 Å². The van der Waals surface area contributed by atoms with Crippen molar-refractivity contribution in [2.75, 3.05) is 11.4 Å². The van der Waals surface area contributed by atoms with Gasteiger partial charge in [-0.3, -0.25) is 10.9 Å². The first kappa shape index (κ1) is 28.4. The van der Waals surface area contributed by atoms with Gasteiger partial charge in [-0.25, -0.2) is 4.98 Å². The van der Waals surface area contributed by atoms with Crippen molar-refractivity contribution in [3.63, 3.8) is 0 Å². The fourth-order valence-corrected chi connectivity index (χ4v) is 7.86. The van der Waals surface area contributed by atoms with E-state index >= 15 is 0 Å². The zero-order chi connectivity index (χ0) is 27.3. The van der Waals surface area contributed by atoms with Gasteiger partial charge in [0.2, 0.25) is 0 Å². The van der Waals surface area contributed by atoms with Crippen LogP contribution in [-0.4, -0.2) is 35.3 Å². The average Bonchev–Trinajstić information content (AvgIpc) is 3.15. The lowest BCUT2D eigenvalue weighted by Crippen LogP contribution is -2.70. The zero-order valence-corrected chi connectivity index (χ0v) is 22.7. The van der Waals surface area contributed by atoms with E-state index in [1.807, 2.05) is 6.92 Å². The number of alkyl halides is 6. The predicted octanol–water partition coefficient (Wildman–Crippen LogP) is 7.33. The Kier molecular flexibility index (Phi) is 7.82. The maximum absolute atomic E-state index is 14.3. The van der Waals surface area contributed by atoms with Crippen molar-refractivity contribution in [2.45, 2.75) is 96.7 Å². The van der Waals surface area contributed by atoms with Crippen molar-refractivity contribution in [1.82, 2.24) is 15.8 Å². The van der Waals surface area contributed by atoms with Gasteiger partial charge in [-0.05, 0) is 56.4 Å². The van der Waals surface area contributed by atoms with Gasteiger partial charge in [0.25, 0.3) is 0 Å². The third-order valence-electron chi connectivity index (χ3n) is 8.62. The maximum atomic E-state index is 14.3. The molecule has 0 amide bonds. The number of nitrogens with one attached hydrogen (secondary N) is 2. The predicted molar refractivity (Wildman–Crippen MR) is 136 cm³/mol. The molecule has 0 bridgehead atoms. The smallest absolute Gasteiger partial charge is 0.367 e. The molecule has 2 aliphatic rings. The van der Waals surface area contributed by atoms with E-state index in [1.165, 1.54) is 6.07 Å². The van der Waals surface area contributed by atoms with Crippen LogP contribution in [0.1, 0.15) is 70.7 Å². The van der Waals surface area contributed by atoms with Gasteiger partial charge in [0.15, 0.2) is 0 Å². The Morgan fingerprint density at radius 3 is 2.30 bits per heavy atom. The standard InChI is InChI=1S/C26H36F6N4S/c1-6-17-13-36(16(5)8-14(3)25(17)15(4)9-18(7-2)34-35-25)22-20-10-19(11-24(27,28)29)37-23(20)33-12-21(22)26(30,31)32/h10,12,14-18,34-35H,6-9,11,13H2,1-5H3. The molecular formula is C26H36F6N4S. The summed E-state index contributed by atoms with van der Waals surface area (Å²) in [4.78, 5) is 5.92. The van der Waals surface area contributed by atoms with Crippen LogP contribution in [0.15, 0.2) is 12.3 Å². The number of halogens is 6. The van der Waals surface area contributed by atoms with Crippen molar-refractivity contribution in [3.8, 4) is 0 Å². The summed E-state index contributed by atoms with van der Waals surface area (Å²) < 4.78 is 82.3. The number of hydrogen-bond acceptors (Lipinski definition) is 5. The first-order valence-corrected chi connectivity index (χ1v) is 13.9. The summed E-state index contributed by atoms with van der Waals surface area (Å²) in [5, 5.41) is 0.151. The normalized spacial score (nSPS) is 31.8. The van der Waals surface area contributed by atoms with Gasteiger partial charge in [0.05, 0.1) is 17.7 Å². The van der Waals surface area contributed by atoms with Gasteiger partial charge in [-0.2, -0.15) is 26.3 Å². The molecule has 4 nitrogen and oxygen atoms in total. The topological polar surface area (TPSA) is 40.2 Å². The second kappa shape index (κ2) is 10.2. The molecule has 6 unspecified atom stereocenters. The lowest BCUT2D eigenvalue weighted by Gasteiger charge is -2.53. The zero-order valence-electron chi connectivity index (χ0n) is 21.9. The largest absolute Gasteiger partial charge is 0.419 e. The number of hydrogen-bond donors (Lipinski definition) is 2. The summed E-state index contributed by atoms with van der Waals surface area (Å²) in [6.07, 6.45) is -6.20. The second-order valence-electron chi connectivity index (χ2n) is 10.9. The van der Waals surface area contributed by atoms with Crippen LogP contribution in [0, 0.1) is 17.8 Å². The highest BCUT2D eigenvalue weighted by Crippen LogP contribution is 2.49. The SMILES string of the molecule is CCC1CC(C)C2(NN1)C(C)CC(C)N(c1c(C(F)(F)F)cnc3sc(CC(F)(F)F)cc13)CC2CC. The Labute approximate surface area is 218 Å². The van der Waals surface area contributed by atoms with E-state index < -0.39 is 24.3 Å². The minimum Gasteiger partial charge on any atom is -0.367 e. The van der Waals surface area contributed by atoms with Gasteiger partial charge >= 0.3 is 12.4 Å². The molecule has 2 aromatic rings. The molecule has 0 aromatic carbocycles. The number of fused-ring (bicyclic) bond motifs is 1. The summed E-state index contributed by atoms with van der Waals surface area (Å²) in [7, 11) is 0. The molecule has 2 aliphatic heterocycles. The molecule has 0 radical (unpaired) electrons. The van der Waals surface area contributed by atoms with E-state index in [-0.39, 0.29) is 44.2 Å². The first-order chi connectivity index (χ1) is 17.2. The number of pyridine rings is 1. The van der Waals surface area contributed by atoms with E-state index in [1.54, 1.807) is 4.90 Å². The second-order valence-corrected chi connectivity index (χ2v) is 12.0. The number of nitrogens with zero attached hydrogens (tertiary/aromatic N) is 2. The minimum atomic E-state index is -4.69. The van der Waals surface area contributed by atoms with E-state index in [0.717, 1.165) is 36.8 Å². The minimum absolute atomic E-state index is 0.0188. The van der Waals surface area contributed by atoms with Crippen LogP contribution >= 0.6 is 11.3 Å². The molecule has 4 heterocycles. The molecule has 2 saturated heterocycles. The van der Waals surface area contributed by atoms with Crippen LogP contribution < -0.4 is 15.8 Å². The molecular weight excluding hydrogens is 514 g/mol. The Hall–Kier alpha value is -1.59. The van der Waals surface area contributed by atoms with Crippen molar-refractivity contribution in [1.29, 1.82) is 0 Å². The Morgan fingerprint density at radius 2 is 1.73 bits per heavy atom. The van der Waals surface area contributed by atoms with Crippen LogP contribution in [0.25, 0.3) is 10.2 Å². The fraction of sp³-hybridized carbons (Fsp3) is 0.731. The van der Waals surface area contributed by atoms with Crippen LogP contribution in [-0.2, 0) is 12.6 Å². The highest BCUT2D eigenvalue weighted by molar-refractivity contribution is 7.18. The molecule has 0 aliphatic carbocycles. The van der Waals surface area contributed by atoms with Gasteiger partial charge in [-0.1, -0.05) is 27.7 Å². The third-order valence-corrected chi connectivity index (χ3v) is 9.66. The van der Waals surface area contributed by atoms with Crippen molar-refractivity contribution < 1.29 is 26.3 Å². The number of thiophene rings is 1. The van der Waals surface area contributed by atoms with Crippen LogP contribution in [0.5, 0.6) is 0 Å².